The number of carbonyl (C=O) groups excluding carboxylic acids is 2. The van der Waals surface area contributed by atoms with Gasteiger partial charge >= 0.3 is 0 Å². The Morgan fingerprint density at radius 2 is 1.84 bits per heavy atom. The number of benzene rings is 2. The van der Waals surface area contributed by atoms with Crippen molar-refractivity contribution in [2.45, 2.75) is 19.0 Å². The van der Waals surface area contributed by atoms with Crippen LogP contribution in [0.2, 0.25) is 0 Å². The van der Waals surface area contributed by atoms with Crippen molar-refractivity contribution in [3.05, 3.63) is 77.6 Å². The monoisotopic (exact) mass is 434 g/mol. The van der Waals surface area contributed by atoms with E-state index in [0.29, 0.717) is 24.5 Å². The largest absolute Gasteiger partial charge is 0.497 e. The number of nitrogens with zero attached hydrogens (tertiary/aromatic N) is 3. The molecule has 0 radical (unpaired) electrons. The zero-order chi connectivity index (χ0) is 22.5. The Bertz CT molecular complexity index is 1080. The Balaban J connectivity index is 1.42. The second-order valence-corrected chi connectivity index (χ2v) is 7.71. The van der Waals surface area contributed by atoms with E-state index in [0.717, 1.165) is 16.9 Å². The van der Waals surface area contributed by atoms with Crippen molar-refractivity contribution < 1.29 is 19.1 Å². The zero-order valence-corrected chi connectivity index (χ0v) is 18.2. The molecule has 1 N–H and O–H groups in total. The molecule has 0 aliphatic carbocycles. The number of para-hydroxylation sites is 1. The molecule has 1 aliphatic rings. The molecule has 2 aromatic carbocycles. The molecule has 8 heteroatoms. The normalized spacial score (nSPS) is 15.1. The molecule has 0 saturated heterocycles. The molecule has 0 unspecified atom stereocenters. The van der Waals surface area contributed by atoms with Crippen LogP contribution in [0.1, 0.15) is 22.7 Å². The molecule has 1 aliphatic heterocycles. The van der Waals surface area contributed by atoms with E-state index >= 15 is 0 Å². The van der Waals surface area contributed by atoms with Gasteiger partial charge in [0.25, 0.3) is 5.91 Å². The van der Waals surface area contributed by atoms with E-state index in [2.05, 4.69) is 10.4 Å². The second-order valence-electron chi connectivity index (χ2n) is 7.71. The summed E-state index contributed by atoms with van der Waals surface area (Å²) in [5.74, 6) is 0.517. The number of fused-ring (bicyclic) bond motifs is 1. The number of hydrogen-bond donors (Lipinski definition) is 1. The average Bonchev–Trinajstić information content (AvgIpc) is 3.21. The Hall–Kier alpha value is -3.81. The van der Waals surface area contributed by atoms with Crippen LogP contribution >= 0.6 is 0 Å². The van der Waals surface area contributed by atoms with Gasteiger partial charge in [-0.25, -0.2) is 0 Å². The van der Waals surface area contributed by atoms with Crippen LogP contribution in [0, 0.1) is 0 Å². The summed E-state index contributed by atoms with van der Waals surface area (Å²) in [6.45, 7) is 0.963. The van der Waals surface area contributed by atoms with E-state index in [1.807, 2.05) is 55.7 Å². The first kappa shape index (κ1) is 21.4. The first-order valence-corrected chi connectivity index (χ1v) is 10.4. The van der Waals surface area contributed by atoms with Gasteiger partial charge in [0.1, 0.15) is 11.5 Å². The fraction of sp³-hybridized carbons (Fsp3) is 0.292. The number of hydrogen-bond acceptors (Lipinski definition) is 5. The second kappa shape index (κ2) is 9.55. The number of methoxy groups -OCH3 is 1. The first-order chi connectivity index (χ1) is 15.5. The van der Waals surface area contributed by atoms with Gasteiger partial charge in [-0.15, -0.1) is 0 Å². The van der Waals surface area contributed by atoms with Crippen molar-refractivity contribution in [3.63, 3.8) is 0 Å². The summed E-state index contributed by atoms with van der Waals surface area (Å²) in [6.07, 6.45) is 1.86. The molecule has 3 aromatic rings. The smallest absolute Gasteiger partial charge is 0.260 e. The summed E-state index contributed by atoms with van der Waals surface area (Å²) in [6, 6.07) is 16.7. The Morgan fingerprint density at radius 3 is 2.56 bits per heavy atom. The number of carbonyl (C=O) groups is 2. The third kappa shape index (κ3) is 4.91. The molecule has 32 heavy (non-hydrogen) atoms. The topological polar surface area (TPSA) is 85.7 Å². The number of aromatic nitrogens is 2. The maximum absolute atomic E-state index is 13.1. The highest BCUT2D eigenvalue weighted by Gasteiger charge is 2.35. The molecular formula is C24H26N4O4. The van der Waals surface area contributed by atoms with Crippen LogP contribution in [0.4, 0.5) is 0 Å². The summed E-state index contributed by atoms with van der Waals surface area (Å²) in [7, 11) is 3.43. The number of amides is 2. The van der Waals surface area contributed by atoms with E-state index in [1.165, 1.54) is 0 Å². The summed E-state index contributed by atoms with van der Waals surface area (Å²) < 4.78 is 12.5. The van der Waals surface area contributed by atoms with Gasteiger partial charge in [0.2, 0.25) is 5.91 Å². The van der Waals surface area contributed by atoms with Gasteiger partial charge in [-0.05, 0) is 29.8 Å². The standard InChI is InChI=1S/C24H26N4O4/c1-27-13-18-14-28(22(29)16-32-20-6-4-3-5-7-20)15-21(23(18)26-27)24(30)25-12-17-8-10-19(31-2)11-9-17/h3-11,13,21H,12,14-16H2,1-2H3,(H,25,30)/t21-/m0/s1. The molecule has 166 valence electrons. The van der Waals surface area contributed by atoms with Crippen LogP contribution < -0.4 is 14.8 Å². The van der Waals surface area contributed by atoms with Crippen LogP contribution in [-0.2, 0) is 29.7 Å². The predicted octanol–water partition coefficient (Wildman–Crippen LogP) is 2.25. The van der Waals surface area contributed by atoms with Crippen LogP contribution in [-0.4, -0.2) is 46.8 Å². The van der Waals surface area contributed by atoms with E-state index in [9.17, 15) is 9.59 Å². The van der Waals surface area contributed by atoms with Crippen LogP contribution in [0.25, 0.3) is 0 Å². The van der Waals surface area contributed by atoms with Crippen LogP contribution in [0.5, 0.6) is 11.5 Å². The molecule has 8 nitrogen and oxygen atoms in total. The van der Waals surface area contributed by atoms with Gasteiger partial charge in [0, 0.05) is 38.4 Å². The lowest BCUT2D eigenvalue weighted by molar-refractivity contribution is -0.135. The maximum Gasteiger partial charge on any atom is 0.260 e. The third-order valence-electron chi connectivity index (χ3n) is 5.43. The Morgan fingerprint density at radius 1 is 1.09 bits per heavy atom. The molecule has 0 spiro atoms. The van der Waals surface area contributed by atoms with Crippen molar-refractivity contribution in [2.24, 2.45) is 7.05 Å². The molecule has 4 rings (SSSR count). The van der Waals surface area contributed by atoms with Gasteiger partial charge in [0.05, 0.1) is 18.7 Å². The quantitative estimate of drug-likeness (QED) is 0.617. The number of ether oxygens (including phenoxy) is 2. The molecular weight excluding hydrogens is 408 g/mol. The van der Waals surface area contributed by atoms with Gasteiger partial charge in [-0.2, -0.15) is 5.10 Å². The van der Waals surface area contributed by atoms with Crippen molar-refractivity contribution in [3.8, 4) is 11.5 Å². The number of aryl methyl sites for hydroxylation is 1. The first-order valence-electron chi connectivity index (χ1n) is 10.4. The lowest BCUT2D eigenvalue weighted by Gasteiger charge is -2.31. The average molecular weight is 434 g/mol. The SMILES string of the molecule is COc1ccc(CNC(=O)[C@H]2CN(C(=O)COc3ccccc3)Cc3cn(C)nc32)cc1. The molecule has 2 heterocycles. The lowest BCUT2D eigenvalue weighted by Crippen LogP contribution is -2.45. The van der Waals surface area contributed by atoms with Gasteiger partial charge in [-0.3, -0.25) is 14.3 Å². The molecule has 1 aromatic heterocycles. The maximum atomic E-state index is 13.1. The van der Waals surface area contributed by atoms with Crippen molar-refractivity contribution in [2.75, 3.05) is 20.3 Å². The predicted molar refractivity (Wildman–Crippen MR) is 118 cm³/mol. The summed E-state index contributed by atoms with van der Waals surface area (Å²) in [4.78, 5) is 27.5. The highest BCUT2D eigenvalue weighted by Crippen LogP contribution is 2.27. The lowest BCUT2D eigenvalue weighted by atomic mass is 9.95. The molecule has 2 amide bonds. The fourth-order valence-corrected chi connectivity index (χ4v) is 3.75. The Kier molecular flexibility index (Phi) is 6.39. The number of nitrogens with one attached hydrogen (secondary N) is 1. The third-order valence-corrected chi connectivity index (χ3v) is 5.43. The van der Waals surface area contributed by atoms with Crippen LogP contribution in [0.15, 0.2) is 60.8 Å². The Labute approximate surface area is 186 Å². The highest BCUT2D eigenvalue weighted by atomic mass is 16.5. The zero-order valence-electron chi connectivity index (χ0n) is 18.2. The summed E-state index contributed by atoms with van der Waals surface area (Å²) in [5, 5.41) is 7.46. The number of rotatable bonds is 7. The minimum Gasteiger partial charge on any atom is -0.497 e. The molecule has 0 saturated carbocycles. The van der Waals surface area contributed by atoms with Crippen molar-refractivity contribution >= 4 is 11.8 Å². The van der Waals surface area contributed by atoms with E-state index < -0.39 is 5.92 Å². The molecule has 0 bridgehead atoms. The van der Waals surface area contributed by atoms with Crippen LogP contribution in [0.3, 0.4) is 0 Å². The fourth-order valence-electron chi connectivity index (χ4n) is 3.75. The van der Waals surface area contributed by atoms with E-state index in [1.54, 1.807) is 28.8 Å². The molecule has 0 fully saturated rings. The van der Waals surface area contributed by atoms with Crippen molar-refractivity contribution in [1.82, 2.24) is 20.0 Å². The summed E-state index contributed by atoms with van der Waals surface area (Å²) in [5.41, 5.74) is 2.55. The van der Waals surface area contributed by atoms with Gasteiger partial charge < -0.3 is 19.7 Å². The highest BCUT2D eigenvalue weighted by molar-refractivity contribution is 5.86. The molecule has 1 atom stereocenters. The summed E-state index contributed by atoms with van der Waals surface area (Å²) >= 11 is 0. The van der Waals surface area contributed by atoms with Crippen molar-refractivity contribution in [1.29, 1.82) is 0 Å². The van der Waals surface area contributed by atoms with E-state index in [4.69, 9.17) is 9.47 Å². The van der Waals surface area contributed by atoms with Gasteiger partial charge in [0.15, 0.2) is 6.61 Å². The van der Waals surface area contributed by atoms with E-state index in [-0.39, 0.29) is 25.0 Å². The minimum atomic E-state index is -0.543. The van der Waals surface area contributed by atoms with Gasteiger partial charge in [-0.1, -0.05) is 30.3 Å². The minimum absolute atomic E-state index is 0.0835.